The van der Waals surface area contributed by atoms with Crippen molar-refractivity contribution in [1.29, 1.82) is 0 Å². The van der Waals surface area contributed by atoms with E-state index in [4.69, 9.17) is 4.74 Å². The Hall–Kier alpha value is 0.230. The zero-order valence-corrected chi connectivity index (χ0v) is 12.2. The molecule has 3 saturated heterocycles. The van der Waals surface area contributed by atoms with E-state index in [0.29, 0.717) is 5.92 Å². The van der Waals surface area contributed by atoms with Crippen LogP contribution in [0.4, 0.5) is 0 Å². The van der Waals surface area contributed by atoms with Crippen LogP contribution in [0.1, 0.15) is 32.1 Å². The lowest BCUT2D eigenvalue weighted by Gasteiger charge is -2.47. The Kier molecular flexibility index (Phi) is 3.65. The molecule has 0 saturated carbocycles. The molecule has 18 heavy (non-hydrogen) atoms. The van der Waals surface area contributed by atoms with Crippen molar-refractivity contribution in [2.45, 2.75) is 43.3 Å². The second-order valence-corrected chi connectivity index (χ2v) is 7.54. The first kappa shape index (κ1) is 13.2. The van der Waals surface area contributed by atoms with Crippen LogP contribution in [0, 0.1) is 5.92 Å². The van der Waals surface area contributed by atoms with Gasteiger partial charge in [-0.05, 0) is 50.8 Å². The summed E-state index contributed by atoms with van der Waals surface area (Å²) in [7, 11) is 2.15. The molecule has 0 amide bonds. The Morgan fingerprint density at radius 3 is 2.72 bits per heavy atom. The van der Waals surface area contributed by atoms with Gasteiger partial charge in [0.15, 0.2) is 0 Å². The lowest BCUT2D eigenvalue weighted by atomic mass is 9.71. The third-order valence-corrected chi connectivity index (χ3v) is 6.40. The molecule has 1 spiro atoms. The number of ether oxygens (including phenoxy) is 1. The van der Waals surface area contributed by atoms with E-state index in [1.165, 1.54) is 12.2 Å². The van der Waals surface area contributed by atoms with Gasteiger partial charge in [-0.1, -0.05) is 0 Å². The number of rotatable bonds is 1. The molecule has 4 heteroatoms. The van der Waals surface area contributed by atoms with Gasteiger partial charge in [-0.2, -0.15) is 11.8 Å². The summed E-state index contributed by atoms with van der Waals surface area (Å²) in [4.78, 5) is 2.33. The predicted molar refractivity (Wildman–Crippen MR) is 75.0 cm³/mol. The second kappa shape index (κ2) is 4.97. The Morgan fingerprint density at radius 2 is 2.06 bits per heavy atom. The van der Waals surface area contributed by atoms with Gasteiger partial charge in [0.1, 0.15) is 0 Å². The molecule has 3 aliphatic rings. The Bertz CT molecular complexity index is 296. The zero-order chi connectivity index (χ0) is 12.6. The molecule has 2 atom stereocenters. The molecular formula is C14H25NO2S. The van der Waals surface area contributed by atoms with E-state index in [1.807, 2.05) is 11.8 Å². The SMILES string of the molecule is CN1CCC(O)(C2CCOC3(CCSC3)C2)CC1. The summed E-state index contributed by atoms with van der Waals surface area (Å²) in [5.74, 6) is 2.83. The van der Waals surface area contributed by atoms with Crippen LogP contribution in [-0.2, 0) is 4.74 Å². The van der Waals surface area contributed by atoms with Gasteiger partial charge in [0.25, 0.3) is 0 Å². The number of nitrogens with zero attached hydrogens (tertiary/aromatic N) is 1. The maximum Gasteiger partial charge on any atom is 0.0784 e. The van der Waals surface area contributed by atoms with E-state index in [0.717, 1.165) is 51.1 Å². The molecule has 104 valence electrons. The minimum Gasteiger partial charge on any atom is -0.389 e. The van der Waals surface area contributed by atoms with E-state index in [2.05, 4.69) is 11.9 Å². The standard InChI is InChI=1S/C14H25NO2S/c1-15-6-3-14(16,4-7-15)12-2-8-17-13(10-12)5-9-18-11-13/h12,16H,2-11H2,1H3. The van der Waals surface area contributed by atoms with E-state index in [1.54, 1.807) is 0 Å². The maximum atomic E-state index is 11.0. The van der Waals surface area contributed by atoms with Crippen molar-refractivity contribution in [2.24, 2.45) is 5.92 Å². The van der Waals surface area contributed by atoms with Crippen molar-refractivity contribution in [1.82, 2.24) is 4.90 Å². The normalized spacial score (nSPS) is 41.3. The summed E-state index contributed by atoms with van der Waals surface area (Å²) < 4.78 is 6.07. The molecule has 0 radical (unpaired) electrons. The summed E-state index contributed by atoms with van der Waals surface area (Å²) in [5.41, 5.74) is -0.316. The fourth-order valence-corrected chi connectivity index (χ4v) is 5.14. The average Bonchev–Trinajstić information content (AvgIpc) is 2.81. The van der Waals surface area contributed by atoms with Crippen molar-refractivity contribution in [3.8, 4) is 0 Å². The molecule has 0 aromatic rings. The first-order valence-corrected chi connectivity index (χ1v) is 8.40. The van der Waals surface area contributed by atoms with E-state index in [-0.39, 0.29) is 5.60 Å². The molecule has 0 aromatic heterocycles. The Labute approximate surface area is 114 Å². The molecule has 0 aromatic carbocycles. The molecule has 3 aliphatic heterocycles. The van der Waals surface area contributed by atoms with Gasteiger partial charge in [0.05, 0.1) is 11.2 Å². The number of hydrogen-bond acceptors (Lipinski definition) is 4. The highest BCUT2D eigenvalue weighted by Crippen LogP contribution is 2.45. The number of likely N-dealkylation sites (tertiary alicyclic amines) is 1. The first-order valence-electron chi connectivity index (χ1n) is 7.25. The van der Waals surface area contributed by atoms with Crippen molar-refractivity contribution in [2.75, 3.05) is 38.2 Å². The fraction of sp³-hybridized carbons (Fsp3) is 1.00. The minimum atomic E-state index is -0.420. The van der Waals surface area contributed by atoms with Crippen LogP contribution >= 0.6 is 11.8 Å². The van der Waals surface area contributed by atoms with E-state index < -0.39 is 5.60 Å². The second-order valence-electron chi connectivity index (χ2n) is 6.43. The molecule has 0 bridgehead atoms. The van der Waals surface area contributed by atoms with Crippen LogP contribution in [0.25, 0.3) is 0 Å². The van der Waals surface area contributed by atoms with Gasteiger partial charge in [-0.15, -0.1) is 0 Å². The Balaban J connectivity index is 1.68. The number of piperidine rings is 1. The van der Waals surface area contributed by atoms with E-state index >= 15 is 0 Å². The molecule has 0 aliphatic carbocycles. The molecular weight excluding hydrogens is 246 g/mol. The Morgan fingerprint density at radius 1 is 1.28 bits per heavy atom. The van der Waals surface area contributed by atoms with Crippen molar-refractivity contribution < 1.29 is 9.84 Å². The lowest BCUT2D eigenvalue weighted by molar-refractivity contribution is -0.145. The monoisotopic (exact) mass is 271 g/mol. The van der Waals surface area contributed by atoms with Gasteiger partial charge in [0, 0.05) is 25.4 Å². The largest absolute Gasteiger partial charge is 0.389 e. The predicted octanol–water partition coefficient (Wildman–Crippen LogP) is 1.75. The van der Waals surface area contributed by atoms with Crippen LogP contribution in [-0.4, -0.2) is 59.5 Å². The summed E-state index contributed by atoms with van der Waals surface area (Å²) in [6.07, 6.45) is 5.20. The van der Waals surface area contributed by atoms with Gasteiger partial charge < -0.3 is 14.7 Å². The van der Waals surface area contributed by atoms with Gasteiger partial charge in [-0.3, -0.25) is 0 Å². The highest BCUT2D eigenvalue weighted by Gasteiger charge is 2.47. The summed E-state index contributed by atoms with van der Waals surface area (Å²) >= 11 is 2.01. The fourth-order valence-electron chi connectivity index (χ4n) is 3.76. The van der Waals surface area contributed by atoms with Crippen molar-refractivity contribution in [3.05, 3.63) is 0 Å². The molecule has 3 heterocycles. The topological polar surface area (TPSA) is 32.7 Å². The summed E-state index contributed by atoms with van der Waals surface area (Å²) in [6.45, 7) is 2.93. The van der Waals surface area contributed by atoms with E-state index in [9.17, 15) is 5.11 Å². The van der Waals surface area contributed by atoms with Crippen LogP contribution in [0.5, 0.6) is 0 Å². The molecule has 3 fully saturated rings. The van der Waals surface area contributed by atoms with Crippen molar-refractivity contribution in [3.63, 3.8) is 0 Å². The van der Waals surface area contributed by atoms with Gasteiger partial charge >= 0.3 is 0 Å². The highest BCUT2D eigenvalue weighted by molar-refractivity contribution is 7.99. The number of thioether (sulfide) groups is 1. The lowest BCUT2D eigenvalue weighted by Crippen LogP contribution is -2.53. The molecule has 1 N–H and O–H groups in total. The number of hydrogen-bond donors (Lipinski definition) is 1. The van der Waals surface area contributed by atoms with Crippen LogP contribution in [0.3, 0.4) is 0 Å². The van der Waals surface area contributed by atoms with Crippen molar-refractivity contribution >= 4 is 11.8 Å². The van der Waals surface area contributed by atoms with Crippen LogP contribution < -0.4 is 0 Å². The maximum absolute atomic E-state index is 11.0. The van der Waals surface area contributed by atoms with Crippen LogP contribution in [0.2, 0.25) is 0 Å². The first-order chi connectivity index (χ1) is 8.62. The van der Waals surface area contributed by atoms with Gasteiger partial charge in [0.2, 0.25) is 0 Å². The molecule has 3 nitrogen and oxygen atoms in total. The molecule has 3 rings (SSSR count). The number of aliphatic hydroxyl groups is 1. The smallest absolute Gasteiger partial charge is 0.0784 e. The molecule has 2 unspecified atom stereocenters. The highest BCUT2D eigenvalue weighted by atomic mass is 32.2. The zero-order valence-electron chi connectivity index (χ0n) is 11.4. The third kappa shape index (κ3) is 2.45. The summed E-state index contributed by atoms with van der Waals surface area (Å²) in [5, 5.41) is 11.0. The average molecular weight is 271 g/mol. The van der Waals surface area contributed by atoms with Crippen LogP contribution in [0.15, 0.2) is 0 Å². The van der Waals surface area contributed by atoms with Gasteiger partial charge in [-0.25, -0.2) is 0 Å². The summed E-state index contributed by atoms with van der Waals surface area (Å²) in [6, 6.07) is 0. The quantitative estimate of drug-likeness (QED) is 0.787. The third-order valence-electron chi connectivity index (χ3n) is 5.17. The minimum absolute atomic E-state index is 0.104.